The molecule has 0 radical (unpaired) electrons. The Morgan fingerprint density at radius 2 is 1.48 bits per heavy atom. The van der Waals surface area contributed by atoms with E-state index in [1.54, 1.807) is 12.1 Å². The summed E-state index contributed by atoms with van der Waals surface area (Å²) in [6.45, 7) is 5.20. The Labute approximate surface area is 135 Å². The molecule has 0 bridgehead atoms. The highest BCUT2D eigenvalue weighted by Crippen LogP contribution is 2.43. The zero-order valence-corrected chi connectivity index (χ0v) is 14.2. The number of ketones is 1. The van der Waals surface area contributed by atoms with Crippen LogP contribution < -0.4 is 9.47 Å². The Kier molecular flexibility index (Phi) is 6.31. The van der Waals surface area contributed by atoms with Crippen molar-refractivity contribution in [2.75, 3.05) is 14.2 Å². The number of hydrogen-bond acceptors (Lipinski definition) is 3. The maximum absolute atomic E-state index is 11.1. The third-order valence-electron chi connectivity index (χ3n) is 2.84. The van der Waals surface area contributed by atoms with Crippen LogP contribution in [0.3, 0.4) is 0 Å². The quantitative estimate of drug-likeness (QED) is 0.566. The summed E-state index contributed by atoms with van der Waals surface area (Å²) in [4.78, 5) is 11.1. The summed E-state index contributed by atoms with van der Waals surface area (Å²) in [6.07, 6.45) is 3.39. The molecule has 21 heavy (non-hydrogen) atoms. The van der Waals surface area contributed by atoms with Crippen LogP contribution in [0.4, 0.5) is 0 Å². The van der Waals surface area contributed by atoms with E-state index in [1.165, 1.54) is 21.1 Å². The van der Waals surface area contributed by atoms with Gasteiger partial charge in [0.2, 0.25) is 0 Å². The molecule has 0 unspecified atom stereocenters. The van der Waals surface area contributed by atoms with Gasteiger partial charge in [0.1, 0.15) is 11.5 Å². The van der Waals surface area contributed by atoms with Crippen molar-refractivity contribution in [3.8, 4) is 11.5 Å². The zero-order chi connectivity index (χ0) is 16.2. The molecule has 0 aliphatic carbocycles. The summed E-state index contributed by atoms with van der Waals surface area (Å²) in [5.74, 6) is 0.944. The van der Waals surface area contributed by atoms with Crippen molar-refractivity contribution >= 4 is 34.6 Å². The summed E-state index contributed by atoms with van der Waals surface area (Å²) in [7, 11) is 3.05. The lowest BCUT2D eigenvalue weighted by molar-refractivity contribution is -0.112. The van der Waals surface area contributed by atoms with E-state index >= 15 is 0 Å². The van der Waals surface area contributed by atoms with Gasteiger partial charge in [0.25, 0.3) is 0 Å². The SMILES string of the molecule is COc1cc(OC)c(Cl)c(C(C)=CC(C)=CC(C)=O)c1Cl. The second kappa shape index (κ2) is 7.53. The van der Waals surface area contributed by atoms with E-state index < -0.39 is 0 Å². The van der Waals surface area contributed by atoms with E-state index in [2.05, 4.69) is 0 Å². The predicted molar refractivity (Wildman–Crippen MR) is 87.7 cm³/mol. The second-order valence-corrected chi connectivity index (χ2v) is 5.37. The molecule has 0 aromatic heterocycles. The normalized spacial score (nSPS) is 12.3. The van der Waals surface area contributed by atoms with Crippen LogP contribution in [0.5, 0.6) is 11.5 Å². The highest BCUT2D eigenvalue weighted by molar-refractivity contribution is 6.39. The van der Waals surface area contributed by atoms with E-state index in [4.69, 9.17) is 32.7 Å². The lowest BCUT2D eigenvalue weighted by Crippen LogP contribution is -1.95. The summed E-state index contributed by atoms with van der Waals surface area (Å²) < 4.78 is 10.5. The molecule has 114 valence electrons. The minimum Gasteiger partial charge on any atom is -0.495 e. The number of halogens is 2. The second-order valence-electron chi connectivity index (χ2n) is 4.61. The molecule has 0 aliphatic rings. The maximum Gasteiger partial charge on any atom is 0.152 e. The van der Waals surface area contributed by atoms with Crippen molar-refractivity contribution in [2.24, 2.45) is 0 Å². The largest absolute Gasteiger partial charge is 0.495 e. The van der Waals surface area contributed by atoms with Gasteiger partial charge in [-0.1, -0.05) is 29.3 Å². The minimum absolute atomic E-state index is 0.0167. The number of hydrogen-bond donors (Lipinski definition) is 0. The van der Waals surface area contributed by atoms with E-state index in [0.717, 1.165) is 11.1 Å². The molecular weight excluding hydrogens is 311 g/mol. The van der Waals surface area contributed by atoms with Gasteiger partial charge in [-0.2, -0.15) is 0 Å². The van der Waals surface area contributed by atoms with E-state index in [9.17, 15) is 4.79 Å². The molecule has 1 aromatic carbocycles. The van der Waals surface area contributed by atoms with Crippen LogP contribution in [0, 0.1) is 0 Å². The van der Waals surface area contributed by atoms with Crippen LogP contribution in [-0.4, -0.2) is 20.0 Å². The van der Waals surface area contributed by atoms with Crippen molar-refractivity contribution < 1.29 is 14.3 Å². The molecule has 1 rings (SSSR count). The summed E-state index contributed by atoms with van der Waals surface area (Å²) in [5.41, 5.74) is 2.26. The maximum atomic E-state index is 11.1. The fraction of sp³-hybridized carbons (Fsp3) is 0.312. The van der Waals surface area contributed by atoms with Crippen LogP contribution in [0.1, 0.15) is 26.3 Å². The highest BCUT2D eigenvalue weighted by Gasteiger charge is 2.18. The monoisotopic (exact) mass is 328 g/mol. The first kappa shape index (κ1) is 17.6. The number of allylic oxidation sites excluding steroid dienone is 4. The molecule has 1 aromatic rings. The molecule has 0 saturated heterocycles. The Hall–Kier alpha value is -1.45. The highest BCUT2D eigenvalue weighted by atomic mass is 35.5. The lowest BCUT2D eigenvalue weighted by atomic mass is 10.0. The number of rotatable bonds is 5. The molecule has 0 amide bonds. The smallest absolute Gasteiger partial charge is 0.152 e. The molecule has 0 saturated carbocycles. The first-order valence-corrected chi connectivity index (χ1v) is 7.04. The number of carbonyl (C=O) groups is 1. The standard InChI is InChI=1S/C16H18Cl2O3/c1-9(7-11(3)19)6-10(2)14-15(17)12(20-4)8-13(21-5)16(14)18/h6-8H,1-5H3. The first-order chi connectivity index (χ1) is 9.81. The summed E-state index contributed by atoms with van der Waals surface area (Å²) >= 11 is 12.7. The van der Waals surface area contributed by atoms with Gasteiger partial charge in [0.15, 0.2) is 5.78 Å². The topological polar surface area (TPSA) is 35.5 Å². The fourth-order valence-corrected chi connectivity index (χ4v) is 2.81. The summed E-state index contributed by atoms with van der Waals surface area (Å²) in [6, 6.07) is 1.64. The molecule has 0 fully saturated rings. The molecular formula is C16H18Cl2O3. The van der Waals surface area contributed by atoms with Crippen LogP contribution in [0.2, 0.25) is 10.0 Å². The van der Waals surface area contributed by atoms with E-state index in [1.807, 2.05) is 19.9 Å². The fourth-order valence-electron chi connectivity index (χ4n) is 2.01. The van der Waals surface area contributed by atoms with E-state index in [-0.39, 0.29) is 5.78 Å². The van der Waals surface area contributed by atoms with Gasteiger partial charge >= 0.3 is 0 Å². The van der Waals surface area contributed by atoms with Gasteiger partial charge in [0.05, 0.1) is 24.3 Å². The zero-order valence-electron chi connectivity index (χ0n) is 12.7. The van der Waals surface area contributed by atoms with Gasteiger partial charge < -0.3 is 9.47 Å². The van der Waals surface area contributed by atoms with Crippen molar-refractivity contribution in [1.82, 2.24) is 0 Å². The van der Waals surface area contributed by atoms with Crippen molar-refractivity contribution in [1.29, 1.82) is 0 Å². The number of carbonyl (C=O) groups excluding carboxylic acids is 1. The average molecular weight is 329 g/mol. The molecule has 0 heterocycles. The van der Waals surface area contributed by atoms with E-state index in [0.29, 0.717) is 27.1 Å². The van der Waals surface area contributed by atoms with Crippen LogP contribution in [0.15, 0.2) is 23.8 Å². The van der Waals surface area contributed by atoms with Gasteiger partial charge in [-0.25, -0.2) is 0 Å². The van der Waals surface area contributed by atoms with Crippen LogP contribution >= 0.6 is 23.2 Å². The Morgan fingerprint density at radius 1 is 1.00 bits per heavy atom. The van der Waals surface area contributed by atoms with Crippen molar-refractivity contribution in [3.05, 3.63) is 39.4 Å². The Morgan fingerprint density at radius 3 is 1.86 bits per heavy atom. The number of benzene rings is 1. The van der Waals surface area contributed by atoms with Crippen LogP contribution in [0.25, 0.3) is 5.57 Å². The predicted octanol–water partition coefficient (Wildman–Crippen LogP) is 4.95. The molecule has 0 atom stereocenters. The molecule has 3 nitrogen and oxygen atoms in total. The third-order valence-corrected chi connectivity index (χ3v) is 3.59. The van der Waals surface area contributed by atoms with Crippen molar-refractivity contribution in [2.45, 2.75) is 20.8 Å². The lowest BCUT2D eigenvalue weighted by Gasteiger charge is -2.15. The van der Waals surface area contributed by atoms with Gasteiger partial charge in [-0.3, -0.25) is 4.79 Å². The van der Waals surface area contributed by atoms with Gasteiger partial charge in [-0.05, 0) is 38.0 Å². The molecule has 0 spiro atoms. The first-order valence-electron chi connectivity index (χ1n) is 6.29. The average Bonchev–Trinajstić information content (AvgIpc) is 2.38. The van der Waals surface area contributed by atoms with Crippen molar-refractivity contribution in [3.63, 3.8) is 0 Å². The molecule has 5 heteroatoms. The number of methoxy groups -OCH3 is 2. The molecule has 0 N–H and O–H groups in total. The Balaban J connectivity index is 3.48. The minimum atomic E-state index is -0.0167. The summed E-state index contributed by atoms with van der Waals surface area (Å²) in [5, 5.41) is 0.820. The molecule has 0 aliphatic heterocycles. The van der Waals surface area contributed by atoms with Gasteiger partial charge in [-0.15, -0.1) is 0 Å². The Bertz CT molecular complexity index is 588. The van der Waals surface area contributed by atoms with Crippen LogP contribution in [-0.2, 0) is 4.79 Å². The number of ether oxygens (including phenoxy) is 2. The third kappa shape index (κ3) is 4.26. The van der Waals surface area contributed by atoms with Gasteiger partial charge in [0, 0.05) is 11.6 Å².